The minimum Gasteiger partial charge on any atom is -0.444 e. The molecule has 0 bridgehead atoms. The van der Waals surface area contributed by atoms with Crippen LogP contribution in [0.25, 0.3) is 0 Å². The first-order chi connectivity index (χ1) is 8.47. The van der Waals surface area contributed by atoms with Gasteiger partial charge in [-0.15, -0.1) is 0 Å². The maximum Gasteiger partial charge on any atom is 0.208 e. The van der Waals surface area contributed by atoms with Crippen LogP contribution in [0.4, 0.5) is 0 Å². The Morgan fingerprint density at radius 3 is 2.72 bits per heavy atom. The van der Waals surface area contributed by atoms with Crippen molar-refractivity contribution in [2.75, 3.05) is 13.1 Å². The van der Waals surface area contributed by atoms with Crippen LogP contribution in [0, 0.1) is 19.8 Å². The molecule has 0 aromatic carbocycles. The Balaban J connectivity index is 2.08. The lowest BCUT2D eigenvalue weighted by Crippen LogP contribution is -2.56. The number of hydrogen-bond acceptors (Lipinski definition) is 4. The smallest absolute Gasteiger partial charge is 0.208 e. The number of rotatable bonds is 3. The largest absolute Gasteiger partial charge is 0.444 e. The van der Waals surface area contributed by atoms with Gasteiger partial charge in [-0.1, -0.05) is 13.8 Å². The molecular formula is C14H25N3O. The summed E-state index contributed by atoms with van der Waals surface area (Å²) in [6, 6.07) is 1.10. The van der Waals surface area contributed by atoms with Gasteiger partial charge >= 0.3 is 0 Å². The summed E-state index contributed by atoms with van der Waals surface area (Å²) in [6.07, 6.45) is 0. The lowest BCUT2D eigenvalue weighted by Gasteiger charge is -2.40. The van der Waals surface area contributed by atoms with Gasteiger partial charge in [0, 0.05) is 25.2 Å². The molecule has 4 nitrogen and oxygen atoms in total. The van der Waals surface area contributed by atoms with E-state index in [1.54, 1.807) is 0 Å². The van der Waals surface area contributed by atoms with Crippen molar-refractivity contribution in [3.05, 3.63) is 17.3 Å². The molecule has 1 aromatic heterocycles. The molecule has 1 aliphatic rings. The van der Waals surface area contributed by atoms with Gasteiger partial charge in [0.2, 0.25) is 5.89 Å². The number of piperazine rings is 1. The van der Waals surface area contributed by atoms with Crippen molar-refractivity contribution in [1.82, 2.24) is 15.2 Å². The van der Waals surface area contributed by atoms with E-state index in [1.807, 2.05) is 13.8 Å². The molecule has 2 atom stereocenters. The van der Waals surface area contributed by atoms with Crippen molar-refractivity contribution in [3.8, 4) is 0 Å². The summed E-state index contributed by atoms with van der Waals surface area (Å²) in [7, 11) is 0. The van der Waals surface area contributed by atoms with Crippen LogP contribution >= 0.6 is 0 Å². The van der Waals surface area contributed by atoms with Gasteiger partial charge in [-0.2, -0.15) is 0 Å². The number of hydrogen-bond donors (Lipinski definition) is 1. The first-order valence-electron chi connectivity index (χ1n) is 6.87. The minimum absolute atomic E-state index is 0.539. The van der Waals surface area contributed by atoms with Crippen LogP contribution in [0.15, 0.2) is 4.42 Å². The van der Waals surface area contributed by atoms with Crippen molar-refractivity contribution in [2.24, 2.45) is 5.92 Å². The Bertz CT molecular complexity index is 380. The van der Waals surface area contributed by atoms with E-state index in [9.17, 15) is 0 Å². The summed E-state index contributed by atoms with van der Waals surface area (Å²) in [4.78, 5) is 6.99. The fourth-order valence-electron chi connectivity index (χ4n) is 2.62. The molecule has 2 unspecified atom stereocenters. The number of aryl methyl sites for hydroxylation is 2. The van der Waals surface area contributed by atoms with Gasteiger partial charge < -0.3 is 9.73 Å². The molecule has 1 aromatic rings. The van der Waals surface area contributed by atoms with Crippen molar-refractivity contribution in [2.45, 2.75) is 53.2 Å². The maximum absolute atomic E-state index is 5.71. The van der Waals surface area contributed by atoms with Crippen LogP contribution in [-0.4, -0.2) is 35.1 Å². The summed E-state index contributed by atoms with van der Waals surface area (Å²) in [5.74, 6) is 2.43. The highest BCUT2D eigenvalue weighted by atomic mass is 16.4. The van der Waals surface area contributed by atoms with Crippen LogP contribution in [0.3, 0.4) is 0 Å². The highest BCUT2D eigenvalue weighted by molar-refractivity contribution is 5.05. The third-order valence-electron chi connectivity index (χ3n) is 3.83. The summed E-state index contributed by atoms with van der Waals surface area (Å²) in [5.41, 5.74) is 1.01. The predicted molar refractivity (Wildman–Crippen MR) is 72.5 cm³/mol. The molecule has 1 aliphatic heterocycles. The molecule has 18 heavy (non-hydrogen) atoms. The number of aromatic nitrogens is 1. The van der Waals surface area contributed by atoms with E-state index in [2.05, 4.69) is 36.0 Å². The minimum atomic E-state index is 0.539. The topological polar surface area (TPSA) is 41.3 Å². The fraction of sp³-hybridized carbons (Fsp3) is 0.786. The van der Waals surface area contributed by atoms with Crippen LogP contribution in [0.2, 0.25) is 0 Å². The average Bonchev–Trinajstić information content (AvgIpc) is 2.57. The average molecular weight is 251 g/mol. The van der Waals surface area contributed by atoms with Crippen LogP contribution in [0.5, 0.6) is 0 Å². The van der Waals surface area contributed by atoms with E-state index < -0.39 is 0 Å². The summed E-state index contributed by atoms with van der Waals surface area (Å²) >= 11 is 0. The van der Waals surface area contributed by atoms with E-state index in [0.717, 1.165) is 37.0 Å². The van der Waals surface area contributed by atoms with E-state index in [1.165, 1.54) is 0 Å². The normalized spacial score (nSPS) is 25.9. The fourth-order valence-corrected chi connectivity index (χ4v) is 2.62. The monoisotopic (exact) mass is 251 g/mol. The maximum atomic E-state index is 5.71. The molecule has 0 saturated carbocycles. The molecule has 1 saturated heterocycles. The number of nitrogens with one attached hydrogen (secondary N) is 1. The summed E-state index contributed by atoms with van der Waals surface area (Å²) < 4.78 is 5.71. The zero-order valence-corrected chi connectivity index (χ0v) is 12.2. The van der Waals surface area contributed by atoms with Gasteiger partial charge in [0.1, 0.15) is 5.76 Å². The Hall–Kier alpha value is -0.870. The molecule has 1 N–H and O–H groups in total. The molecule has 0 spiro atoms. The van der Waals surface area contributed by atoms with Crippen LogP contribution in [-0.2, 0) is 6.54 Å². The van der Waals surface area contributed by atoms with Crippen LogP contribution < -0.4 is 5.32 Å². The van der Waals surface area contributed by atoms with E-state index in [4.69, 9.17) is 4.42 Å². The van der Waals surface area contributed by atoms with E-state index in [-0.39, 0.29) is 0 Å². The Kier molecular flexibility index (Phi) is 4.07. The lowest BCUT2D eigenvalue weighted by atomic mass is 9.99. The quantitative estimate of drug-likeness (QED) is 0.893. The third kappa shape index (κ3) is 2.93. The van der Waals surface area contributed by atoms with E-state index >= 15 is 0 Å². The second-order valence-corrected chi connectivity index (χ2v) is 5.80. The molecule has 1 fully saturated rings. The molecule has 2 heterocycles. The van der Waals surface area contributed by atoms with Crippen LogP contribution in [0.1, 0.15) is 38.1 Å². The van der Waals surface area contributed by atoms with Gasteiger partial charge in [-0.3, -0.25) is 4.90 Å². The Labute approximate surface area is 110 Å². The van der Waals surface area contributed by atoms with Crippen molar-refractivity contribution in [1.29, 1.82) is 0 Å². The van der Waals surface area contributed by atoms with Gasteiger partial charge in [0.05, 0.1) is 12.2 Å². The summed E-state index contributed by atoms with van der Waals surface area (Å²) in [5, 5.41) is 3.55. The molecule has 0 amide bonds. The van der Waals surface area contributed by atoms with E-state index in [0.29, 0.717) is 18.0 Å². The predicted octanol–water partition coefficient (Wildman–Crippen LogP) is 2.11. The molecule has 0 radical (unpaired) electrons. The zero-order valence-electron chi connectivity index (χ0n) is 12.2. The Morgan fingerprint density at radius 1 is 1.44 bits per heavy atom. The van der Waals surface area contributed by atoms with Gasteiger partial charge in [0.15, 0.2) is 0 Å². The van der Waals surface area contributed by atoms with Gasteiger partial charge in [-0.25, -0.2) is 4.98 Å². The molecule has 4 heteroatoms. The molecule has 102 valence electrons. The van der Waals surface area contributed by atoms with Gasteiger partial charge in [0.25, 0.3) is 0 Å². The highest BCUT2D eigenvalue weighted by Gasteiger charge is 2.29. The van der Waals surface area contributed by atoms with Crippen molar-refractivity contribution >= 4 is 0 Å². The number of nitrogens with zero attached hydrogens (tertiary/aromatic N) is 2. The zero-order chi connectivity index (χ0) is 13.3. The Morgan fingerprint density at radius 2 is 2.17 bits per heavy atom. The first-order valence-corrected chi connectivity index (χ1v) is 6.87. The number of oxazole rings is 1. The van der Waals surface area contributed by atoms with Crippen molar-refractivity contribution in [3.63, 3.8) is 0 Å². The van der Waals surface area contributed by atoms with Crippen molar-refractivity contribution < 1.29 is 4.42 Å². The second-order valence-electron chi connectivity index (χ2n) is 5.80. The lowest BCUT2D eigenvalue weighted by molar-refractivity contribution is 0.0863. The molecule has 0 aliphatic carbocycles. The second kappa shape index (κ2) is 5.41. The molecular weight excluding hydrogens is 226 g/mol. The summed E-state index contributed by atoms with van der Waals surface area (Å²) in [6.45, 7) is 13.7. The first kappa shape index (κ1) is 13.6. The molecule has 2 rings (SSSR count). The SMILES string of the molecule is Cc1nc(CN2CC(C)NCC2C(C)C)oc1C. The highest BCUT2D eigenvalue weighted by Crippen LogP contribution is 2.19. The third-order valence-corrected chi connectivity index (χ3v) is 3.83. The van der Waals surface area contributed by atoms with Gasteiger partial charge in [-0.05, 0) is 26.7 Å². The standard InChI is InChI=1S/C14H25N3O/c1-9(2)13-6-15-10(3)7-17(13)8-14-16-11(4)12(5)18-14/h9-10,13,15H,6-8H2,1-5H3.